The highest BCUT2D eigenvalue weighted by atomic mass is 35.5. The maximum absolute atomic E-state index is 12.3. The topological polar surface area (TPSA) is 46.6 Å². The first kappa shape index (κ1) is 16.0. The second kappa shape index (κ2) is 6.56. The average molecular weight is 320 g/mol. The zero-order valence-corrected chi connectivity index (χ0v) is 13.6. The van der Waals surface area contributed by atoms with Crippen LogP contribution < -0.4 is 0 Å². The first-order chi connectivity index (χ1) is 9.54. The summed E-state index contributed by atoms with van der Waals surface area (Å²) < 4.78 is 5.12. The van der Waals surface area contributed by atoms with E-state index in [1.807, 2.05) is 0 Å². The van der Waals surface area contributed by atoms with Gasteiger partial charge in [-0.15, -0.1) is 23.4 Å². The Kier molecular flexibility index (Phi) is 5.24. The number of hydrogen-bond donors (Lipinski definition) is 0. The van der Waals surface area contributed by atoms with Gasteiger partial charge in [-0.1, -0.05) is 6.92 Å². The van der Waals surface area contributed by atoms with Crippen molar-refractivity contribution in [2.75, 3.05) is 18.2 Å². The summed E-state index contributed by atoms with van der Waals surface area (Å²) in [5.74, 6) is 0.790. The molecule has 1 atom stereocenters. The first-order valence-corrected chi connectivity index (χ1v) is 8.75. The molecule has 6 heteroatoms. The fraction of sp³-hybridized carbons (Fsp3) is 0.857. The van der Waals surface area contributed by atoms with Crippen LogP contribution in [0.2, 0.25) is 0 Å². The van der Waals surface area contributed by atoms with Gasteiger partial charge in [-0.3, -0.25) is 4.79 Å². The number of nitrogens with zero attached hydrogens (tertiary/aromatic N) is 1. The predicted molar refractivity (Wildman–Crippen MR) is 80.8 cm³/mol. The minimum Gasteiger partial charge on any atom is -0.464 e. The lowest BCUT2D eigenvalue weighted by atomic mass is 9.85. The number of ether oxygens (including phenoxy) is 1. The van der Waals surface area contributed by atoms with Crippen LogP contribution in [-0.2, 0) is 14.3 Å². The van der Waals surface area contributed by atoms with E-state index in [-0.39, 0.29) is 22.6 Å². The Labute approximate surface area is 129 Å². The van der Waals surface area contributed by atoms with Gasteiger partial charge in [-0.05, 0) is 38.5 Å². The minimum absolute atomic E-state index is 0.0756. The van der Waals surface area contributed by atoms with Gasteiger partial charge in [0.05, 0.1) is 11.5 Å². The van der Waals surface area contributed by atoms with Gasteiger partial charge in [-0.2, -0.15) is 0 Å². The van der Waals surface area contributed by atoms with E-state index in [4.69, 9.17) is 16.3 Å². The molecule has 2 fully saturated rings. The number of carbonyl (C=O) groups is 2. The summed E-state index contributed by atoms with van der Waals surface area (Å²) >= 11 is 7.49. The van der Waals surface area contributed by atoms with Crippen LogP contribution in [0.1, 0.15) is 39.5 Å². The molecule has 0 N–H and O–H groups in total. The van der Waals surface area contributed by atoms with Crippen molar-refractivity contribution in [3.63, 3.8) is 0 Å². The molecule has 0 aromatic carbocycles. The Morgan fingerprint density at radius 1 is 1.40 bits per heavy atom. The number of hydrogen-bond acceptors (Lipinski definition) is 4. The van der Waals surface area contributed by atoms with Crippen molar-refractivity contribution in [2.45, 2.75) is 50.4 Å². The zero-order chi connectivity index (χ0) is 14.8. The number of alkyl halides is 1. The molecular weight excluding hydrogens is 298 g/mol. The molecule has 2 rings (SSSR count). The summed E-state index contributed by atoms with van der Waals surface area (Å²) in [4.78, 5) is 25.8. The Hall–Kier alpha value is -0.420. The molecule has 0 bridgehead atoms. The van der Waals surface area contributed by atoms with E-state index in [9.17, 15) is 9.59 Å². The number of esters is 1. The number of carbonyl (C=O) groups excluding carboxylic acids is 2. The summed E-state index contributed by atoms with van der Waals surface area (Å²) in [6.45, 7) is 4.36. The van der Waals surface area contributed by atoms with Crippen molar-refractivity contribution < 1.29 is 14.3 Å². The van der Waals surface area contributed by atoms with Gasteiger partial charge in [0.1, 0.15) is 11.9 Å². The average Bonchev–Trinajstić information content (AvgIpc) is 2.81. The van der Waals surface area contributed by atoms with Crippen LogP contribution in [0.5, 0.6) is 0 Å². The van der Waals surface area contributed by atoms with Gasteiger partial charge >= 0.3 is 5.97 Å². The molecule has 1 aliphatic heterocycles. The summed E-state index contributed by atoms with van der Waals surface area (Å²) in [6, 6.07) is -0.473. The molecule has 0 aromatic rings. The summed E-state index contributed by atoms with van der Waals surface area (Å²) in [6.07, 6.45) is 4.07. The van der Waals surface area contributed by atoms with Crippen molar-refractivity contribution in [1.29, 1.82) is 0 Å². The molecule has 1 saturated carbocycles. The largest absolute Gasteiger partial charge is 0.464 e. The van der Waals surface area contributed by atoms with E-state index in [1.165, 1.54) is 0 Å². The van der Waals surface area contributed by atoms with E-state index < -0.39 is 6.04 Å². The maximum Gasteiger partial charge on any atom is 0.329 e. The molecule has 1 saturated heterocycles. The van der Waals surface area contributed by atoms with Gasteiger partial charge in [0.25, 0.3) is 0 Å². The minimum atomic E-state index is -0.473. The van der Waals surface area contributed by atoms with Gasteiger partial charge in [0.15, 0.2) is 0 Å². The summed E-state index contributed by atoms with van der Waals surface area (Å²) in [7, 11) is 0. The van der Waals surface area contributed by atoms with E-state index in [0.29, 0.717) is 18.3 Å². The van der Waals surface area contributed by atoms with Crippen molar-refractivity contribution in [3.8, 4) is 0 Å². The zero-order valence-electron chi connectivity index (χ0n) is 12.1. The lowest BCUT2D eigenvalue weighted by Gasteiger charge is -2.43. The predicted octanol–water partition coefficient (Wildman–Crippen LogP) is 2.64. The number of halogens is 1. The highest BCUT2D eigenvalue weighted by molar-refractivity contribution is 8.01. The Bertz CT molecular complexity index is 383. The molecule has 0 unspecified atom stereocenters. The second-order valence-corrected chi connectivity index (χ2v) is 7.25. The lowest BCUT2D eigenvalue weighted by Crippen LogP contribution is -2.54. The van der Waals surface area contributed by atoms with Crippen LogP contribution in [0, 0.1) is 5.92 Å². The number of rotatable bonds is 3. The van der Waals surface area contributed by atoms with Crippen LogP contribution in [0.3, 0.4) is 0 Å². The monoisotopic (exact) mass is 319 g/mol. The van der Waals surface area contributed by atoms with Crippen LogP contribution in [-0.4, -0.2) is 45.9 Å². The van der Waals surface area contributed by atoms with Gasteiger partial charge in [0.2, 0.25) is 5.91 Å². The third-order valence-electron chi connectivity index (χ3n) is 4.26. The third kappa shape index (κ3) is 2.93. The number of thioether (sulfide) groups is 1. The van der Waals surface area contributed by atoms with E-state index in [1.54, 1.807) is 23.6 Å². The highest BCUT2D eigenvalue weighted by Gasteiger charge is 2.52. The van der Waals surface area contributed by atoms with Crippen molar-refractivity contribution >= 4 is 35.2 Å². The molecule has 1 amide bonds. The molecule has 114 valence electrons. The Morgan fingerprint density at radius 2 is 2.05 bits per heavy atom. The molecule has 2 aliphatic rings. The fourth-order valence-electron chi connectivity index (χ4n) is 3.14. The Balaban J connectivity index is 2.21. The molecule has 1 aliphatic carbocycles. The van der Waals surface area contributed by atoms with Gasteiger partial charge in [0, 0.05) is 5.75 Å². The van der Waals surface area contributed by atoms with Crippen molar-refractivity contribution in [3.05, 3.63) is 0 Å². The van der Waals surface area contributed by atoms with Crippen LogP contribution in [0.25, 0.3) is 0 Å². The Morgan fingerprint density at radius 3 is 2.60 bits per heavy atom. The maximum atomic E-state index is 12.3. The SMILES string of the molecule is CCOC(=O)[C@@H]1CSC2(CCC(C)CC2)N1C(=O)CCl. The highest BCUT2D eigenvalue weighted by Crippen LogP contribution is 2.50. The van der Waals surface area contributed by atoms with Crippen LogP contribution >= 0.6 is 23.4 Å². The smallest absolute Gasteiger partial charge is 0.329 e. The van der Waals surface area contributed by atoms with E-state index >= 15 is 0 Å². The summed E-state index contributed by atoms with van der Waals surface area (Å²) in [5, 5.41) is 0. The van der Waals surface area contributed by atoms with Crippen LogP contribution in [0.4, 0.5) is 0 Å². The quantitative estimate of drug-likeness (QED) is 0.592. The van der Waals surface area contributed by atoms with Gasteiger partial charge in [-0.25, -0.2) is 4.79 Å². The second-order valence-electron chi connectivity index (χ2n) is 5.60. The van der Waals surface area contributed by atoms with Crippen molar-refractivity contribution in [1.82, 2.24) is 4.90 Å². The standard InChI is InChI=1S/C14H22ClNO3S/c1-3-19-13(18)11-9-20-14(16(11)12(17)8-15)6-4-10(2)5-7-14/h10-11H,3-9H2,1-2H3/t10?,11-,14?/m0/s1. The van der Waals surface area contributed by atoms with E-state index in [0.717, 1.165) is 25.7 Å². The number of amides is 1. The molecule has 0 aromatic heterocycles. The van der Waals surface area contributed by atoms with Gasteiger partial charge < -0.3 is 9.64 Å². The molecule has 1 spiro atoms. The molecule has 20 heavy (non-hydrogen) atoms. The third-order valence-corrected chi connectivity index (χ3v) is 6.11. The molecule has 1 heterocycles. The lowest BCUT2D eigenvalue weighted by molar-refractivity contribution is -0.155. The fourth-order valence-corrected chi connectivity index (χ4v) is 4.91. The first-order valence-electron chi connectivity index (χ1n) is 7.23. The molecule has 0 radical (unpaired) electrons. The van der Waals surface area contributed by atoms with Crippen molar-refractivity contribution in [2.24, 2.45) is 5.92 Å². The molecule has 4 nitrogen and oxygen atoms in total. The van der Waals surface area contributed by atoms with E-state index in [2.05, 4.69) is 6.92 Å². The summed E-state index contributed by atoms with van der Waals surface area (Å²) in [5.41, 5.74) is 0. The molecular formula is C14H22ClNO3S. The normalized spacial score (nSPS) is 33.5. The van der Waals surface area contributed by atoms with Crippen LogP contribution in [0.15, 0.2) is 0 Å².